The van der Waals surface area contributed by atoms with Crippen molar-refractivity contribution in [3.8, 4) is 0 Å². The van der Waals surface area contributed by atoms with Crippen LogP contribution in [-0.4, -0.2) is 19.7 Å². The smallest absolute Gasteiger partial charge is 0.156 e. The van der Waals surface area contributed by atoms with Gasteiger partial charge in [-0.25, -0.2) is 13.4 Å². The van der Waals surface area contributed by atoms with Gasteiger partial charge in [0, 0.05) is 11.6 Å². The van der Waals surface area contributed by atoms with Gasteiger partial charge in [0.2, 0.25) is 0 Å². The second-order valence-corrected chi connectivity index (χ2v) is 6.65. The van der Waals surface area contributed by atoms with Crippen LogP contribution in [0.3, 0.4) is 0 Å². The van der Waals surface area contributed by atoms with Gasteiger partial charge in [-0.15, -0.1) is 11.3 Å². The number of nitrogens with zero attached hydrogens (tertiary/aromatic N) is 1. The molecule has 0 aliphatic carbocycles. The fraction of sp³-hybridized carbons (Fsp3) is 0.667. The van der Waals surface area contributed by atoms with Crippen LogP contribution in [0.25, 0.3) is 0 Å². The van der Waals surface area contributed by atoms with Gasteiger partial charge in [-0.05, 0) is 13.3 Å². The Kier molecular flexibility index (Phi) is 3.66. The largest absolute Gasteiger partial charge is 0.245 e. The van der Waals surface area contributed by atoms with Gasteiger partial charge in [-0.2, -0.15) is 0 Å². The molecule has 1 atom stereocenters. The first-order valence-electron chi connectivity index (χ1n) is 4.58. The standard InChI is InChI=1S/C9H15NO2S2/c1-4-5-8-6-13-9(10-8)7(2)14(3,11)12/h6-7H,4-5H2,1-3H3. The average Bonchev–Trinajstić information content (AvgIpc) is 2.50. The van der Waals surface area contributed by atoms with Crippen molar-refractivity contribution in [2.45, 2.75) is 31.9 Å². The summed E-state index contributed by atoms with van der Waals surface area (Å²) in [6.07, 6.45) is 3.21. The second-order valence-electron chi connectivity index (χ2n) is 3.40. The van der Waals surface area contributed by atoms with Crippen molar-refractivity contribution < 1.29 is 8.42 Å². The maximum absolute atomic E-state index is 11.3. The molecule has 14 heavy (non-hydrogen) atoms. The SMILES string of the molecule is CCCc1csc(C(C)S(C)(=O)=O)n1. The quantitative estimate of drug-likeness (QED) is 0.801. The first kappa shape index (κ1) is 11.7. The minimum absolute atomic E-state index is 0.474. The fourth-order valence-electron chi connectivity index (χ4n) is 1.06. The maximum atomic E-state index is 11.3. The highest BCUT2D eigenvalue weighted by molar-refractivity contribution is 7.91. The summed E-state index contributed by atoms with van der Waals surface area (Å²) in [7, 11) is -3.01. The summed E-state index contributed by atoms with van der Waals surface area (Å²) in [6.45, 7) is 3.77. The highest BCUT2D eigenvalue weighted by atomic mass is 32.2. The van der Waals surface area contributed by atoms with E-state index in [1.165, 1.54) is 17.6 Å². The zero-order valence-corrected chi connectivity index (χ0v) is 10.3. The highest BCUT2D eigenvalue weighted by Gasteiger charge is 2.20. The van der Waals surface area contributed by atoms with E-state index in [4.69, 9.17) is 0 Å². The predicted octanol–water partition coefficient (Wildman–Crippen LogP) is 2.20. The highest BCUT2D eigenvalue weighted by Crippen LogP contribution is 2.24. The third-order valence-electron chi connectivity index (χ3n) is 2.07. The Balaban J connectivity index is 2.87. The van der Waals surface area contributed by atoms with Gasteiger partial charge in [0.05, 0.1) is 5.69 Å². The molecule has 1 aromatic heterocycles. The van der Waals surface area contributed by atoms with Crippen LogP contribution in [0.5, 0.6) is 0 Å². The third-order valence-corrected chi connectivity index (χ3v) is 4.80. The molecule has 80 valence electrons. The number of aryl methyl sites for hydroxylation is 1. The number of sulfone groups is 1. The topological polar surface area (TPSA) is 47.0 Å². The lowest BCUT2D eigenvalue weighted by Gasteiger charge is -2.03. The van der Waals surface area contributed by atoms with E-state index in [0.29, 0.717) is 5.01 Å². The van der Waals surface area contributed by atoms with E-state index in [0.717, 1.165) is 18.5 Å². The molecule has 0 fully saturated rings. The molecule has 0 saturated heterocycles. The van der Waals surface area contributed by atoms with Crippen LogP contribution >= 0.6 is 11.3 Å². The van der Waals surface area contributed by atoms with Gasteiger partial charge >= 0.3 is 0 Å². The molecule has 0 radical (unpaired) electrons. The molecule has 0 aromatic carbocycles. The van der Waals surface area contributed by atoms with Gasteiger partial charge in [-0.3, -0.25) is 0 Å². The molecule has 5 heteroatoms. The van der Waals surface area contributed by atoms with Crippen molar-refractivity contribution in [3.05, 3.63) is 16.1 Å². The van der Waals surface area contributed by atoms with E-state index < -0.39 is 15.1 Å². The van der Waals surface area contributed by atoms with Gasteiger partial charge in [0.25, 0.3) is 0 Å². The Morgan fingerprint density at radius 3 is 2.71 bits per heavy atom. The summed E-state index contributed by atoms with van der Waals surface area (Å²) < 4.78 is 22.5. The van der Waals surface area contributed by atoms with Gasteiger partial charge in [0.15, 0.2) is 9.84 Å². The molecule has 1 rings (SSSR count). The Labute approximate surface area is 89.1 Å². The van der Waals surface area contributed by atoms with Crippen molar-refractivity contribution in [1.82, 2.24) is 4.98 Å². The predicted molar refractivity (Wildman–Crippen MR) is 59.4 cm³/mol. The number of hydrogen-bond acceptors (Lipinski definition) is 4. The molecule has 0 aliphatic rings. The molecule has 0 spiro atoms. The second kappa shape index (κ2) is 4.40. The van der Waals surface area contributed by atoms with Crippen LogP contribution in [0.15, 0.2) is 5.38 Å². The van der Waals surface area contributed by atoms with Crippen LogP contribution in [0.4, 0.5) is 0 Å². The summed E-state index contributed by atoms with van der Waals surface area (Å²) in [6, 6.07) is 0. The molecule has 3 nitrogen and oxygen atoms in total. The molecule has 1 aromatic rings. The molecule has 1 unspecified atom stereocenters. The number of thiazole rings is 1. The minimum Gasteiger partial charge on any atom is -0.245 e. The summed E-state index contributed by atoms with van der Waals surface area (Å²) in [5.41, 5.74) is 1.00. The molecule has 0 amide bonds. The summed E-state index contributed by atoms with van der Waals surface area (Å²) in [5.74, 6) is 0. The van der Waals surface area contributed by atoms with Gasteiger partial charge in [-0.1, -0.05) is 13.3 Å². The summed E-state index contributed by atoms with van der Waals surface area (Å²) in [4.78, 5) is 4.31. The Bertz CT molecular complexity index is 395. The van der Waals surface area contributed by atoms with Crippen LogP contribution < -0.4 is 0 Å². The number of aromatic nitrogens is 1. The van der Waals surface area contributed by atoms with E-state index in [1.807, 2.05) is 5.38 Å². The van der Waals surface area contributed by atoms with Crippen molar-refractivity contribution in [1.29, 1.82) is 0 Å². The number of hydrogen-bond donors (Lipinski definition) is 0. The lowest BCUT2D eigenvalue weighted by atomic mass is 10.3. The van der Waals surface area contributed by atoms with Crippen LogP contribution in [-0.2, 0) is 16.3 Å². The first-order chi connectivity index (χ1) is 6.45. The summed E-state index contributed by atoms with van der Waals surface area (Å²) in [5, 5.41) is 2.18. The van der Waals surface area contributed by atoms with Crippen molar-refractivity contribution >= 4 is 21.2 Å². The minimum atomic E-state index is -3.01. The maximum Gasteiger partial charge on any atom is 0.156 e. The zero-order chi connectivity index (χ0) is 10.8. The van der Waals surface area contributed by atoms with E-state index in [1.54, 1.807) is 6.92 Å². The summed E-state index contributed by atoms with van der Waals surface area (Å²) >= 11 is 1.43. The van der Waals surface area contributed by atoms with Gasteiger partial charge in [0.1, 0.15) is 10.3 Å². The average molecular weight is 233 g/mol. The fourth-order valence-corrected chi connectivity index (χ4v) is 2.96. The van der Waals surface area contributed by atoms with Crippen LogP contribution in [0.1, 0.15) is 36.2 Å². The molecular formula is C9H15NO2S2. The van der Waals surface area contributed by atoms with Crippen molar-refractivity contribution in [2.24, 2.45) is 0 Å². The first-order valence-corrected chi connectivity index (χ1v) is 7.41. The van der Waals surface area contributed by atoms with Crippen molar-refractivity contribution in [3.63, 3.8) is 0 Å². The molecule has 0 saturated carbocycles. The molecule has 0 bridgehead atoms. The third kappa shape index (κ3) is 2.78. The molecule has 1 heterocycles. The molecule has 0 N–H and O–H groups in total. The number of rotatable bonds is 4. The van der Waals surface area contributed by atoms with Gasteiger partial charge < -0.3 is 0 Å². The molecule has 0 aliphatic heterocycles. The Morgan fingerprint density at radius 1 is 1.57 bits per heavy atom. The zero-order valence-electron chi connectivity index (χ0n) is 8.65. The monoisotopic (exact) mass is 233 g/mol. The Hall–Kier alpha value is -0.420. The van der Waals surface area contributed by atoms with E-state index in [-0.39, 0.29) is 0 Å². The van der Waals surface area contributed by atoms with Crippen LogP contribution in [0, 0.1) is 0 Å². The van der Waals surface area contributed by atoms with E-state index in [2.05, 4.69) is 11.9 Å². The Morgan fingerprint density at radius 2 is 2.21 bits per heavy atom. The normalized spacial score (nSPS) is 14.2. The van der Waals surface area contributed by atoms with E-state index in [9.17, 15) is 8.42 Å². The van der Waals surface area contributed by atoms with Crippen LogP contribution in [0.2, 0.25) is 0 Å². The lowest BCUT2D eigenvalue weighted by Crippen LogP contribution is -2.07. The lowest BCUT2D eigenvalue weighted by molar-refractivity contribution is 0.592. The van der Waals surface area contributed by atoms with Crippen molar-refractivity contribution in [2.75, 3.05) is 6.26 Å². The molecular weight excluding hydrogens is 218 g/mol. The van der Waals surface area contributed by atoms with E-state index >= 15 is 0 Å².